The molecule has 0 aliphatic rings. The number of carbonyl (C=O) groups is 1. The fourth-order valence-electron chi connectivity index (χ4n) is 2.08. The predicted molar refractivity (Wildman–Crippen MR) is 68.9 cm³/mol. The van der Waals surface area contributed by atoms with Gasteiger partial charge in [0.05, 0.1) is 0 Å². The highest BCUT2D eigenvalue weighted by Gasteiger charge is 2.10. The molecule has 1 atom stereocenters. The van der Waals surface area contributed by atoms with Crippen LogP contribution in [-0.4, -0.2) is 29.6 Å². The van der Waals surface area contributed by atoms with Crippen molar-refractivity contribution in [2.45, 2.75) is 26.8 Å². The summed E-state index contributed by atoms with van der Waals surface area (Å²) < 4.78 is 0. The lowest BCUT2D eigenvalue weighted by atomic mass is 10.1. The number of carboxylic acids is 1. The molecule has 0 fully saturated rings. The van der Waals surface area contributed by atoms with E-state index in [-0.39, 0.29) is 12.3 Å². The van der Waals surface area contributed by atoms with Gasteiger partial charge in [0.2, 0.25) is 0 Å². The van der Waals surface area contributed by atoms with Gasteiger partial charge in [-0.15, -0.1) is 0 Å². The Bertz CT molecular complexity index is 376. The molecule has 0 radical (unpaired) electrons. The minimum absolute atomic E-state index is 0.183. The van der Waals surface area contributed by atoms with Gasteiger partial charge in [-0.3, -0.25) is 4.79 Å². The van der Waals surface area contributed by atoms with E-state index in [0.717, 1.165) is 13.1 Å². The maximum atomic E-state index is 10.6. The molecular formula is C14H21NO2. The number of benzene rings is 1. The third-order valence-electron chi connectivity index (χ3n) is 2.68. The van der Waals surface area contributed by atoms with Gasteiger partial charge in [0.25, 0.3) is 0 Å². The topological polar surface area (TPSA) is 40.5 Å². The van der Waals surface area contributed by atoms with Crippen LogP contribution in [-0.2, 0) is 11.3 Å². The molecule has 0 aromatic heterocycles. The van der Waals surface area contributed by atoms with Crippen LogP contribution in [0.2, 0.25) is 0 Å². The summed E-state index contributed by atoms with van der Waals surface area (Å²) in [6.07, 6.45) is 0.234. The van der Waals surface area contributed by atoms with E-state index < -0.39 is 5.97 Å². The van der Waals surface area contributed by atoms with Crippen molar-refractivity contribution in [1.82, 2.24) is 4.90 Å². The first-order chi connectivity index (χ1) is 7.97. The Morgan fingerprint density at radius 2 is 2.18 bits per heavy atom. The smallest absolute Gasteiger partial charge is 0.303 e. The summed E-state index contributed by atoms with van der Waals surface area (Å²) in [4.78, 5) is 12.7. The van der Waals surface area contributed by atoms with Crippen molar-refractivity contribution in [2.75, 3.05) is 13.6 Å². The number of aliphatic carboxylic acids is 1. The standard InChI is InChI=1S/C14H21NO2/c1-11-5-4-6-13(7-11)10-15(3)9-12(2)8-14(16)17/h4-7,12H,8-10H2,1-3H3,(H,16,17). The molecule has 1 N–H and O–H groups in total. The molecule has 1 rings (SSSR count). The van der Waals surface area contributed by atoms with Gasteiger partial charge in [-0.2, -0.15) is 0 Å². The fourth-order valence-corrected chi connectivity index (χ4v) is 2.08. The summed E-state index contributed by atoms with van der Waals surface area (Å²) in [5.74, 6) is -0.538. The first kappa shape index (κ1) is 13.7. The molecule has 1 aromatic rings. The minimum atomic E-state index is -0.721. The molecule has 0 aliphatic heterocycles. The molecule has 1 aromatic carbocycles. The van der Waals surface area contributed by atoms with Gasteiger partial charge < -0.3 is 10.0 Å². The lowest BCUT2D eigenvalue weighted by molar-refractivity contribution is -0.138. The van der Waals surface area contributed by atoms with Crippen molar-refractivity contribution in [3.8, 4) is 0 Å². The van der Waals surface area contributed by atoms with E-state index in [0.29, 0.717) is 0 Å². The van der Waals surface area contributed by atoms with Crippen molar-refractivity contribution < 1.29 is 9.90 Å². The van der Waals surface area contributed by atoms with E-state index in [1.165, 1.54) is 11.1 Å². The zero-order valence-corrected chi connectivity index (χ0v) is 10.8. The van der Waals surface area contributed by atoms with Crippen LogP contribution in [0, 0.1) is 12.8 Å². The number of aryl methyl sites for hydroxylation is 1. The van der Waals surface area contributed by atoms with Crippen molar-refractivity contribution in [2.24, 2.45) is 5.92 Å². The zero-order chi connectivity index (χ0) is 12.8. The third kappa shape index (κ3) is 5.50. The largest absolute Gasteiger partial charge is 0.481 e. The maximum Gasteiger partial charge on any atom is 0.303 e. The van der Waals surface area contributed by atoms with E-state index in [1.54, 1.807) is 0 Å². The summed E-state index contributed by atoms with van der Waals surface area (Å²) in [6, 6.07) is 8.40. The van der Waals surface area contributed by atoms with E-state index in [1.807, 2.05) is 14.0 Å². The van der Waals surface area contributed by atoms with Crippen LogP contribution in [0.25, 0.3) is 0 Å². The molecule has 0 spiro atoms. The van der Waals surface area contributed by atoms with Crippen molar-refractivity contribution in [1.29, 1.82) is 0 Å². The predicted octanol–water partition coefficient (Wildman–Crippen LogP) is 2.54. The van der Waals surface area contributed by atoms with Gasteiger partial charge in [0.1, 0.15) is 0 Å². The quantitative estimate of drug-likeness (QED) is 0.823. The van der Waals surface area contributed by atoms with Crippen LogP contribution < -0.4 is 0 Å². The second kappa shape index (κ2) is 6.40. The van der Waals surface area contributed by atoms with E-state index in [4.69, 9.17) is 5.11 Å². The summed E-state index contributed by atoms with van der Waals surface area (Å²) in [7, 11) is 2.03. The van der Waals surface area contributed by atoms with Crippen LogP contribution >= 0.6 is 0 Å². The number of nitrogens with zero attached hydrogens (tertiary/aromatic N) is 1. The normalized spacial score (nSPS) is 12.7. The minimum Gasteiger partial charge on any atom is -0.481 e. The Labute approximate surface area is 103 Å². The maximum absolute atomic E-state index is 10.6. The Morgan fingerprint density at radius 3 is 2.76 bits per heavy atom. The van der Waals surface area contributed by atoms with Crippen LogP contribution in [0.15, 0.2) is 24.3 Å². The van der Waals surface area contributed by atoms with E-state index in [2.05, 4.69) is 36.1 Å². The van der Waals surface area contributed by atoms with Crippen molar-refractivity contribution in [3.63, 3.8) is 0 Å². The summed E-state index contributed by atoms with van der Waals surface area (Å²) in [6.45, 7) is 5.73. The van der Waals surface area contributed by atoms with Crippen LogP contribution in [0.4, 0.5) is 0 Å². The highest BCUT2D eigenvalue weighted by atomic mass is 16.4. The molecule has 3 nitrogen and oxygen atoms in total. The first-order valence-electron chi connectivity index (χ1n) is 5.93. The monoisotopic (exact) mass is 235 g/mol. The molecule has 0 aliphatic carbocycles. The summed E-state index contributed by atoms with van der Waals surface area (Å²) in [5, 5.41) is 8.70. The molecule has 0 saturated heterocycles. The third-order valence-corrected chi connectivity index (χ3v) is 2.68. The SMILES string of the molecule is Cc1cccc(CN(C)CC(C)CC(=O)O)c1. The number of carboxylic acid groups (broad SMARTS) is 1. The Kier molecular flexibility index (Phi) is 5.16. The summed E-state index contributed by atoms with van der Waals surface area (Å²) >= 11 is 0. The van der Waals surface area contributed by atoms with Crippen molar-refractivity contribution >= 4 is 5.97 Å². The Hall–Kier alpha value is -1.35. The second-order valence-electron chi connectivity index (χ2n) is 4.89. The zero-order valence-electron chi connectivity index (χ0n) is 10.8. The number of hydrogen-bond acceptors (Lipinski definition) is 2. The van der Waals surface area contributed by atoms with Gasteiger partial charge in [-0.1, -0.05) is 36.8 Å². The number of hydrogen-bond donors (Lipinski definition) is 1. The fraction of sp³-hybridized carbons (Fsp3) is 0.500. The van der Waals surface area contributed by atoms with Gasteiger partial charge in [-0.25, -0.2) is 0 Å². The number of rotatable bonds is 6. The van der Waals surface area contributed by atoms with Crippen LogP contribution in [0.1, 0.15) is 24.5 Å². The molecule has 3 heteroatoms. The molecule has 94 valence electrons. The highest BCUT2D eigenvalue weighted by Crippen LogP contribution is 2.09. The van der Waals surface area contributed by atoms with Gasteiger partial charge in [-0.05, 0) is 25.5 Å². The molecule has 0 saturated carbocycles. The van der Waals surface area contributed by atoms with Gasteiger partial charge in [0, 0.05) is 19.5 Å². The average molecular weight is 235 g/mol. The average Bonchev–Trinajstić information content (AvgIpc) is 2.14. The van der Waals surface area contributed by atoms with Crippen molar-refractivity contribution in [3.05, 3.63) is 35.4 Å². The summed E-state index contributed by atoms with van der Waals surface area (Å²) in [5.41, 5.74) is 2.53. The highest BCUT2D eigenvalue weighted by molar-refractivity contribution is 5.66. The molecule has 17 heavy (non-hydrogen) atoms. The molecular weight excluding hydrogens is 214 g/mol. The molecule has 0 bridgehead atoms. The van der Waals surface area contributed by atoms with Gasteiger partial charge in [0.15, 0.2) is 0 Å². The Balaban J connectivity index is 2.44. The lowest BCUT2D eigenvalue weighted by Gasteiger charge is -2.20. The molecule has 1 unspecified atom stereocenters. The van der Waals surface area contributed by atoms with E-state index >= 15 is 0 Å². The van der Waals surface area contributed by atoms with Gasteiger partial charge >= 0.3 is 5.97 Å². The Morgan fingerprint density at radius 1 is 1.47 bits per heavy atom. The van der Waals surface area contributed by atoms with E-state index in [9.17, 15) is 4.79 Å². The molecule has 0 heterocycles. The van der Waals surface area contributed by atoms with Crippen LogP contribution in [0.3, 0.4) is 0 Å². The first-order valence-corrected chi connectivity index (χ1v) is 5.93. The van der Waals surface area contributed by atoms with Crippen LogP contribution in [0.5, 0.6) is 0 Å². The molecule has 0 amide bonds. The second-order valence-corrected chi connectivity index (χ2v) is 4.89. The lowest BCUT2D eigenvalue weighted by Crippen LogP contribution is -2.25.